The summed E-state index contributed by atoms with van der Waals surface area (Å²) < 4.78 is 10.5. The highest BCUT2D eigenvalue weighted by molar-refractivity contribution is 7.80. The summed E-state index contributed by atoms with van der Waals surface area (Å²) in [5.41, 5.74) is 1.61. The van der Waals surface area contributed by atoms with Gasteiger partial charge in [0.2, 0.25) is 0 Å². The van der Waals surface area contributed by atoms with Gasteiger partial charge in [-0.25, -0.2) is 4.79 Å². The number of carbonyl (C=O) groups is 1. The molecule has 0 bridgehead atoms. The van der Waals surface area contributed by atoms with E-state index >= 15 is 0 Å². The minimum atomic E-state index is -0.328. The lowest BCUT2D eigenvalue weighted by molar-refractivity contribution is 0.0601. The zero-order valence-electron chi connectivity index (χ0n) is 13.2. The van der Waals surface area contributed by atoms with Gasteiger partial charge in [-0.15, -0.1) is 11.3 Å². The van der Waals surface area contributed by atoms with Gasteiger partial charge in [-0.3, -0.25) is 0 Å². The Labute approximate surface area is 140 Å². The summed E-state index contributed by atoms with van der Waals surface area (Å²) in [5, 5.41) is 7.53. The summed E-state index contributed by atoms with van der Waals surface area (Å²) in [6.45, 7) is 5.54. The van der Waals surface area contributed by atoms with Crippen LogP contribution in [0.5, 0.6) is 0 Å². The lowest BCUT2D eigenvalue weighted by Crippen LogP contribution is -2.35. The lowest BCUT2D eigenvalue weighted by Gasteiger charge is -2.14. The second kappa shape index (κ2) is 7.89. The number of rotatable bonds is 5. The van der Waals surface area contributed by atoms with Crippen LogP contribution in [0.3, 0.4) is 0 Å². The van der Waals surface area contributed by atoms with E-state index in [0.29, 0.717) is 17.2 Å². The number of ether oxygens (including phenoxy) is 2. The van der Waals surface area contributed by atoms with Crippen molar-refractivity contribution in [2.24, 2.45) is 0 Å². The molecule has 1 saturated heterocycles. The van der Waals surface area contributed by atoms with E-state index in [2.05, 4.69) is 10.6 Å². The topological polar surface area (TPSA) is 59.6 Å². The lowest BCUT2D eigenvalue weighted by atomic mass is 10.1. The van der Waals surface area contributed by atoms with Gasteiger partial charge in [0.05, 0.1) is 18.8 Å². The second-order valence-corrected chi connectivity index (χ2v) is 6.79. The van der Waals surface area contributed by atoms with Gasteiger partial charge in [-0.1, -0.05) is 6.92 Å². The van der Waals surface area contributed by atoms with Crippen LogP contribution in [0.4, 0.5) is 5.00 Å². The molecule has 1 aromatic heterocycles. The first-order chi connectivity index (χ1) is 10.6. The molecule has 1 aliphatic rings. The standard InChI is InChI=1S/C15H22N2O3S2/c1-4-11-9(2)22-13(12(11)14(18)19-3)17-15(21)16-8-10-6-5-7-20-10/h10H,4-8H2,1-3H3,(H2,16,17,21)/t10-/m1/s1. The van der Waals surface area contributed by atoms with Crippen molar-refractivity contribution in [3.63, 3.8) is 0 Å². The van der Waals surface area contributed by atoms with Gasteiger partial charge in [0.25, 0.3) is 0 Å². The van der Waals surface area contributed by atoms with E-state index < -0.39 is 0 Å². The zero-order chi connectivity index (χ0) is 16.1. The molecule has 0 amide bonds. The first-order valence-electron chi connectivity index (χ1n) is 7.43. The molecule has 7 heteroatoms. The smallest absolute Gasteiger partial charge is 0.341 e. The molecule has 0 spiro atoms. The average molecular weight is 342 g/mol. The second-order valence-electron chi connectivity index (χ2n) is 5.16. The van der Waals surface area contributed by atoms with Crippen molar-refractivity contribution < 1.29 is 14.3 Å². The van der Waals surface area contributed by atoms with Crippen LogP contribution in [-0.4, -0.2) is 37.4 Å². The van der Waals surface area contributed by atoms with Crippen LogP contribution >= 0.6 is 23.6 Å². The molecule has 0 aliphatic carbocycles. The third kappa shape index (κ3) is 3.97. The maximum Gasteiger partial charge on any atom is 0.341 e. The molecule has 0 saturated carbocycles. The highest BCUT2D eigenvalue weighted by Gasteiger charge is 2.22. The Morgan fingerprint density at radius 1 is 1.55 bits per heavy atom. The molecule has 5 nitrogen and oxygen atoms in total. The van der Waals surface area contributed by atoms with Crippen LogP contribution in [0, 0.1) is 6.92 Å². The van der Waals surface area contributed by atoms with Crippen molar-refractivity contribution >= 4 is 39.6 Å². The van der Waals surface area contributed by atoms with Gasteiger partial charge in [0.1, 0.15) is 5.00 Å². The summed E-state index contributed by atoms with van der Waals surface area (Å²) in [5.74, 6) is -0.328. The maximum atomic E-state index is 12.0. The quantitative estimate of drug-likeness (QED) is 0.634. The van der Waals surface area contributed by atoms with E-state index in [4.69, 9.17) is 21.7 Å². The number of hydrogen-bond acceptors (Lipinski definition) is 5. The number of carbonyl (C=O) groups excluding carboxylic acids is 1. The van der Waals surface area contributed by atoms with Gasteiger partial charge in [-0.05, 0) is 44.0 Å². The van der Waals surface area contributed by atoms with Crippen molar-refractivity contribution in [2.75, 3.05) is 25.6 Å². The first-order valence-corrected chi connectivity index (χ1v) is 8.66. The fourth-order valence-electron chi connectivity index (χ4n) is 2.57. The van der Waals surface area contributed by atoms with Crippen LogP contribution < -0.4 is 10.6 Å². The summed E-state index contributed by atoms with van der Waals surface area (Å²) >= 11 is 6.84. The predicted molar refractivity (Wildman–Crippen MR) is 93.0 cm³/mol. The van der Waals surface area contributed by atoms with Crippen LogP contribution in [0.2, 0.25) is 0 Å². The van der Waals surface area contributed by atoms with Gasteiger partial charge in [0, 0.05) is 18.0 Å². The Bertz CT molecular complexity index is 551. The molecule has 1 fully saturated rings. The Balaban J connectivity index is 2.04. The number of nitrogens with one attached hydrogen (secondary N) is 2. The predicted octanol–water partition coefficient (Wildman–Crippen LogP) is 2.87. The van der Waals surface area contributed by atoms with Crippen LogP contribution in [-0.2, 0) is 15.9 Å². The number of aryl methyl sites for hydroxylation is 1. The molecule has 2 rings (SSSR count). The summed E-state index contributed by atoms with van der Waals surface area (Å²) in [7, 11) is 1.40. The molecule has 1 aromatic rings. The molecule has 2 heterocycles. The van der Waals surface area contributed by atoms with Gasteiger partial charge in [-0.2, -0.15) is 0 Å². The van der Waals surface area contributed by atoms with E-state index in [1.807, 2.05) is 13.8 Å². The van der Waals surface area contributed by atoms with Crippen LogP contribution in [0.1, 0.15) is 40.6 Å². The number of hydrogen-bond donors (Lipinski definition) is 2. The van der Waals surface area contributed by atoms with E-state index in [0.717, 1.165) is 41.3 Å². The van der Waals surface area contributed by atoms with Crippen molar-refractivity contribution in [3.05, 3.63) is 16.0 Å². The van der Waals surface area contributed by atoms with Crippen molar-refractivity contribution in [1.82, 2.24) is 5.32 Å². The SMILES string of the molecule is CCc1c(C)sc(NC(=S)NC[C@H]2CCCO2)c1C(=O)OC. The Morgan fingerprint density at radius 3 is 2.91 bits per heavy atom. The fraction of sp³-hybridized carbons (Fsp3) is 0.600. The minimum absolute atomic E-state index is 0.219. The van der Waals surface area contributed by atoms with Crippen molar-refractivity contribution in [2.45, 2.75) is 39.2 Å². The molecule has 1 atom stereocenters. The molecular weight excluding hydrogens is 320 g/mol. The highest BCUT2D eigenvalue weighted by atomic mass is 32.1. The highest BCUT2D eigenvalue weighted by Crippen LogP contribution is 2.33. The van der Waals surface area contributed by atoms with Gasteiger partial charge in [0.15, 0.2) is 5.11 Å². The fourth-order valence-corrected chi connectivity index (χ4v) is 3.96. The molecule has 22 heavy (non-hydrogen) atoms. The van der Waals surface area contributed by atoms with E-state index in [1.165, 1.54) is 18.4 Å². The van der Waals surface area contributed by atoms with E-state index in [1.54, 1.807) is 0 Å². The van der Waals surface area contributed by atoms with Gasteiger partial charge >= 0.3 is 5.97 Å². The largest absolute Gasteiger partial charge is 0.465 e. The maximum absolute atomic E-state index is 12.0. The van der Waals surface area contributed by atoms with E-state index in [9.17, 15) is 4.79 Å². The summed E-state index contributed by atoms with van der Waals surface area (Å²) in [6, 6.07) is 0. The van der Waals surface area contributed by atoms with Gasteiger partial charge < -0.3 is 20.1 Å². The number of thiocarbonyl (C=S) groups is 1. The molecule has 0 radical (unpaired) electrons. The summed E-state index contributed by atoms with van der Waals surface area (Å²) in [6.07, 6.45) is 3.16. The third-order valence-electron chi connectivity index (χ3n) is 3.69. The molecule has 2 N–H and O–H groups in total. The molecule has 122 valence electrons. The number of esters is 1. The normalized spacial score (nSPS) is 17.3. The number of anilines is 1. The van der Waals surface area contributed by atoms with Crippen LogP contribution in [0.25, 0.3) is 0 Å². The number of thiophene rings is 1. The monoisotopic (exact) mass is 342 g/mol. The first kappa shape index (κ1) is 17.2. The Hall–Kier alpha value is -1.18. The molecule has 0 unspecified atom stereocenters. The Morgan fingerprint density at radius 2 is 2.32 bits per heavy atom. The van der Waals surface area contributed by atoms with Crippen molar-refractivity contribution in [1.29, 1.82) is 0 Å². The zero-order valence-corrected chi connectivity index (χ0v) is 14.8. The molecule has 0 aromatic carbocycles. The van der Waals surface area contributed by atoms with Crippen molar-refractivity contribution in [3.8, 4) is 0 Å². The van der Waals surface area contributed by atoms with Crippen LogP contribution in [0.15, 0.2) is 0 Å². The third-order valence-corrected chi connectivity index (χ3v) is 5.00. The summed E-state index contributed by atoms with van der Waals surface area (Å²) in [4.78, 5) is 13.1. The average Bonchev–Trinajstić information content (AvgIpc) is 3.11. The minimum Gasteiger partial charge on any atom is -0.465 e. The molecule has 1 aliphatic heterocycles. The molecular formula is C15H22N2O3S2. The van der Waals surface area contributed by atoms with E-state index in [-0.39, 0.29) is 12.1 Å². The number of methoxy groups -OCH3 is 1. The Kier molecular flexibility index (Phi) is 6.16.